The molecular weight excluding hydrogens is 348 g/mol. The van der Waals surface area contributed by atoms with Gasteiger partial charge in [-0.3, -0.25) is 4.98 Å². The number of sulfonamides is 1. The molecule has 0 bridgehead atoms. The van der Waals surface area contributed by atoms with Gasteiger partial charge in [-0.15, -0.1) is 0 Å². The van der Waals surface area contributed by atoms with Crippen LogP contribution in [0.15, 0.2) is 78.2 Å². The Morgan fingerprint density at radius 3 is 2.50 bits per heavy atom. The second-order valence-electron chi connectivity index (χ2n) is 5.82. The fourth-order valence-electron chi connectivity index (χ4n) is 2.75. The number of nitrogens with zero attached hydrogens (tertiary/aromatic N) is 2. The molecule has 0 aliphatic heterocycles. The summed E-state index contributed by atoms with van der Waals surface area (Å²) in [7, 11) is -3.58. The van der Waals surface area contributed by atoms with Crippen molar-refractivity contribution in [2.45, 2.75) is 11.4 Å². The molecule has 0 radical (unpaired) electrons. The average Bonchev–Trinajstić information content (AvgIpc) is 3.16. The van der Waals surface area contributed by atoms with Gasteiger partial charge in [0.25, 0.3) is 0 Å². The van der Waals surface area contributed by atoms with Crippen LogP contribution < -0.4 is 4.72 Å². The van der Waals surface area contributed by atoms with E-state index in [-0.39, 0.29) is 11.4 Å². The minimum atomic E-state index is -3.58. The number of hydrogen-bond donors (Lipinski definition) is 2. The first-order valence-electron chi connectivity index (χ1n) is 8.04. The number of rotatable bonds is 5. The van der Waals surface area contributed by atoms with Crippen LogP contribution in [0.4, 0.5) is 0 Å². The van der Waals surface area contributed by atoms with Crippen molar-refractivity contribution < 1.29 is 8.42 Å². The lowest BCUT2D eigenvalue weighted by Crippen LogP contribution is -2.23. The Labute approximate surface area is 151 Å². The van der Waals surface area contributed by atoms with Crippen molar-refractivity contribution in [1.29, 1.82) is 0 Å². The summed E-state index contributed by atoms with van der Waals surface area (Å²) in [5, 5.41) is 0. The Balaban J connectivity index is 1.58. The van der Waals surface area contributed by atoms with Crippen LogP contribution in [0, 0.1) is 0 Å². The van der Waals surface area contributed by atoms with E-state index in [1.807, 2.05) is 30.3 Å². The molecule has 7 heteroatoms. The van der Waals surface area contributed by atoms with Crippen LogP contribution in [0.1, 0.15) is 5.56 Å². The molecule has 6 nitrogen and oxygen atoms in total. The maximum Gasteiger partial charge on any atom is 0.240 e. The van der Waals surface area contributed by atoms with E-state index in [2.05, 4.69) is 19.7 Å². The largest absolute Gasteiger partial charge is 0.343 e. The van der Waals surface area contributed by atoms with Gasteiger partial charge >= 0.3 is 0 Å². The van der Waals surface area contributed by atoms with Gasteiger partial charge in [0.05, 0.1) is 28.5 Å². The van der Waals surface area contributed by atoms with Gasteiger partial charge in [-0.1, -0.05) is 42.5 Å². The lowest BCUT2D eigenvalue weighted by Gasteiger charge is -2.08. The molecule has 2 N–H and O–H groups in total. The first-order chi connectivity index (χ1) is 12.6. The molecule has 0 amide bonds. The Kier molecular flexibility index (Phi) is 4.24. The normalized spacial score (nSPS) is 11.7. The van der Waals surface area contributed by atoms with Crippen LogP contribution in [0.3, 0.4) is 0 Å². The third kappa shape index (κ3) is 3.22. The van der Waals surface area contributed by atoms with Gasteiger partial charge in [0.15, 0.2) is 0 Å². The first-order valence-corrected chi connectivity index (χ1v) is 9.53. The minimum absolute atomic E-state index is 0.222. The molecule has 2 aromatic carbocycles. The summed E-state index contributed by atoms with van der Waals surface area (Å²) in [6, 6.07) is 16.1. The second-order valence-corrected chi connectivity index (χ2v) is 7.59. The van der Waals surface area contributed by atoms with Gasteiger partial charge in [-0.25, -0.2) is 18.1 Å². The Morgan fingerprint density at radius 2 is 1.73 bits per heavy atom. The van der Waals surface area contributed by atoms with Gasteiger partial charge in [0.2, 0.25) is 10.0 Å². The van der Waals surface area contributed by atoms with Gasteiger partial charge in [0, 0.05) is 18.3 Å². The first kappa shape index (κ1) is 16.4. The fraction of sp³-hybridized carbons (Fsp3) is 0.0526. The second kappa shape index (κ2) is 6.70. The van der Waals surface area contributed by atoms with Crippen molar-refractivity contribution in [3.8, 4) is 11.1 Å². The van der Waals surface area contributed by atoms with Crippen molar-refractivity contribution in [3.05, 3.63) is 78.9 Å². The van der Waals surface area contributed by atoms with Crippen molar-refractivity contribution in [1.82, 2.24) is 19.7 Å². The van der Waals surface area contributed by atoms with Gasteiger partial charge in [-0.2, -0.15) is 0 Å². The molecule has 2 aromatic heterocycles. The number of benzene rings is 2. The maximum atomic E-state index is 12.5. The number of pyridine rings is 1. The highest BCUT2D eigenvalue weighted by Crippen LogP contribution is 2.26. The van der Waals surface area contributed by atoms with Crippen LogP contribution in [0.5, 0.6) is 0 Å². The summed E-state index contributed by atoms with van der Waals surface area (Å²) >= 11 is 0. The topological polar surface area (TPSA) is 87.7 Å². The standard InChI is InChI=1S/C19H16N4O2S/c24-26(25,23-10-14-4-2-1-3-5-14)16-8-6-15(7-9-16)17-11-20-12-18-19(17)22-13-21-18/h1-9,11-13,23H,10H2,(H,21,22). The summed E-state index contributed by atoms with van der Waals surface area (Å²) < 4.78 is 27.6. The Morgan fingerprint density at radius 1 is 0.962 bits per heavy atom. The van der Waals surface area contributed by atoms with Crippen molar-refractivity contribution >= 4 is 21.1 Å². The van der Waals surface area contributed by atoms with Crippen molar-refractivity contribution in [2.75, 3.05) is 0 Å². The van der Waals surface area contributed by atoms with E-state index in [1.165, 1.54) is 0 Å². The number of aromatic amines is 1. The molecule has 0 saturated heterocycles. The quantitative estimate of drug-likeness (QED) is 0.570. The van der Waals surface area contributed by atoms with Crippen molar-refractivity contribution in [2.24, 2.45) is 0 Å². The van der Waals surface area contributed by atoms with Crippen LogP contribution in [-0.2, 0) is 16.6 Å². The van der Waals surface area contributed by atoms with Crippen LogP contribution >= 0.6 is 0 Å². The third-order valence-electron chi connectivity index (χ3n) is 4.12. The molecule has 130 valence electrons. The summed E-state index contributed by atoms with van der Waals surface area (Å²) in [5.41, 5.74) is 4.26. The van der Waals surface area contributed by atoms with E-state index in [1.54, 1.807) is 43.0 Å². The SMILES string of the molecule is O=S(=O)(NCc1ccccc1)c1ccc(-c2cncc3[nH]cnc23)cc1. The molecule has 4 aromatic rings. The Hall–Kier alpha value is -3.03. The third-order valence-corrected chi connectivity index (χ3v) is 5.53. The van der Waals surface area contributed by atoms with Crippen molar-refractivity contribution in [3.63, 3.8) is 0 Å². The fourth-order valence-corrected chi connectivity index (χ4v) is 3.76. The average molecular weight is 364 g/mol. The molecule has 0 unspecified atom stereocenters. The predicted octanol–water partition coefficient (Wildman–Crippen LogP) is 3.10. The van der Waals surface area contributed by atoms with Crippen LogP contribution in [0.25, 0.3) is 22.2 Å². The summed E-state index contributed by atoms with van der Waals surface area (Å²) in [6.07, 6.45) is 5.04. The summed E-state index contributed by atoms with van der Waals surface area (Å²) in [6.45, 7) is 0.251. The van der Waals surface area contributed by atoms with Gasteiger partial charge in [-0.05, 0) is 23.3 Å². The Bertz CT molecular complexity index is 1140. The molecule has 26 heavy (non-hydrogen) atoms. The molecule has 0 spiro atoms. The lowest BCUT2D eigenvalue weighted by atomic mass is 10.1. The van der Waals surface area contributed by atoms with Gasteiger partial charge in [0.1, 0.15) is 0 Å². The summed E-state index contributed by atoms with van der Waals surface area (Å²) in [4.78, 5) is 11.7. The summed E-state index contributed by atoms with van der Waals surface area (Å²) in [5.74, 6) is 0. The smallest absolute Gasteiger partial charge is 0.240 e. The monoisotopic (exact) mass is 364 g/mol. The minimum Gasteiger partial charge on any atom is -0.343 e. The zero-order valence-corrected chi connectivity index (χ0v) is 14.6. The van der Waals surface area contributed by atoms with E-state index < -0.39 is 10.0 Å². The highest BCUT2D eigenvalue weighted by Gasteiger charge is 2.14. The van der Waals surface area contributed by atoms with Gasteiger partial charge < -0.3 is 4.98 Å². The number of imidazole rings is 1. The van der Waals surface area contributed by atoms with Crippen LogP contribution in [-0.4, -0.2) is 23.4 Å². The predicted molar refractivity (Wildman–Crippen MR) is 99.8 cm³/mol. The number of fused-ring (bicyclic) bond motifs is 1. The number of hydrogen-bond acceptors (Lipinski definition) is 4. The number of aromatic nitrogens is 3. The molecule has 0 saturated carbocycles. The molecule has 0 fully saturated rings. The molecule has 0 aliphatic carbocycles. The van der Waals surface area contributed by atoms with E-state index in [4.69, 9.17) is 0 Å². The van der Waals surface area contributed by atoms with E-state index >= 15 is 0 Å². The molecular formula is C19H16N4O2S. The highest BCUT2D eigenvalue weighted by molar-refractivity contribution is 7.89. The van der Waals surface area contributed by atoms with Crippen LogP contribution in [0.2, 0.25) is 0 Å². The molecule has 0 atom stereocenters. The number of nitrogens with one attached hydrogen (secondary N) is 2. The molecule has 2 heterocycles. The molecule has 4 rings (SSSR count). The zero-order valence-electron chi connectivity index (χ0n) is 13.8. The van der Waals surface area contributed by atoms with E-state index in [9.17, 15) is 8.42 Å². The van der Waals surface area contributed by atoms with E-state index in [0.717, 1.165) is 27.7 Å². The molecule has 0 aliphatic rings. The highest BCUT2D eigenvalue weighted by atomic mass is 32.2. The maximum absolute atomic E-state index is 12.5. The van der Waals surface area contributed by atoms with E-state index in [0.29, 0.717) is 0 Å². The number of H-pyrrole nitrogens is 1. The zero-order chi connectivity index (χ0) is 18.0. The lowest BCUT2D eigenvalue weighted by molar-refractivity contribution is 0.581.